The number of fused-ring (bicyclic) bond motifs is 1. The van der Waals surface area contributed by atoms with Crippen LogP contribution in [0.15, 0.2) is 36.0 Å². The van der Waals surface area contributed by atoms with E-state index in [0.29, 0.717) is 5.41 Å². The van der Waals surface area contributed by atoms with Crippen LogP contribution in [0.5, 0.6) is 0 Å². The summed E-state index contributed by atoms with van der Waals surface area (Å²) in [5.41, 5.74) is 2.33. The molecule has 0 aromatic heterocycles. The summed E-state index contributed by atoms with van der Waals surface area (Å²) in [5.74, 6) is 1.75. The third kappa shape index (κ3) is 3.56. The SMILES string of the molecule is C1=C2CC/C=C\CCCCN3CCC4C1CN1CCCC/C=C\CCC4(C3)C21. The van der Waals surface area contributed by atoms with Gasteiger partial charge in [-0.3, -0.25) is 4.90 Å². The number of rotatable bonds is 0. The van der Waals surface area contributed by atoms with E-state index in [4.69, 9.17) is 0 Å². The number of nitrogens with zero attached hydrogens (tertiary/aromatic N) is 2. The summed E-state index contributed by atoms with van der Waals surface area (Å²) in [5, 5.41) is 0. The van der Waals surface area contributed by atoms with Gasteiger partial charge in [-0.05, 0) is 102 Å². The van der Waals surface area contributed by atoms with Crippen molar-refractivity contribution in [3.8, 4) is 0 Å². The molecule has 154 valence electrons. The molecule has 1 aliphatic carbocycles. The smallest absolute Gasteiger partial charge is 0.0379 e. The number of piperidine rings is 2. The summed E-state index contributed by atoms with van der Waals surface area (Å²) in [6.45, 7) is 6.73. The Bertz CT molecular complexity index is 632. The van der Waals surface area contributed by atoms with Gasteiger partial charge in [-0.25, -0.2) is 0 Å². The van der Waals surface area contributed by atoms with E-state index in [0.717, 1.165) is 17.9 Å². The first-order valence-corrected chi connectivity index (χ1v) is 12.3. The molecule has 6 bridgehead atoms. The zero-order chi connectivity index (χ0) is 18.8. The first-order valence-electron chi connectivity index (χ1n) is 12.3. The van der Waals surface area contributed by atoms with Gasteiger partial charge >= 0.3 is 0 Å². The Morgan fingerprint density at radius 1 is 0.821 bits per heavy atom. The maximum absolute atomic E-state index is 2.97. The molecule has 2 nitrogen and oxygen atoms in total. The lowest BCUT2D eigenvalue weighted by molar-refractivity contribution is -0.109. The van der Waals surface area contributed by atoms with Crippen molar-refractivity contribution in [2.24, 2.45) is 17.3 Å². The van der Waals surface area contributed by atoms with Crippen LogP contribution in [0.4, 0.5) is 0 Å². The second-order valence-electron chi connectivity index (χ2n) is 10.2. The maximum atomic E-state index is 2.97. The van der Waals surface area contributed by atoms with Gasteiger partial charge in [0.25, 0.3) is 0 Å². The van der Waals surface area contributed by atoms with Crippen LogP contribution in [-0.2, 0) is 0 Å². The molecule has 5 aliphatic heterocycles. The second-order valence-corrected chi connectivity index (χ2v) is 10.2. The highest BCUT2D eigenvalue weighted by atomic mass is 15.2. The van der Waals surface area contributed by atoms with Crippen LogP contribution in [0.3, 0.4) is 0 Å². The molecule has 28 heavy (non-hydrogen) atoms. The molecule has 0 radical (unpaired) electrons. The Balaban J connectivity index is 1.53. The van der Waals surface area contributed by atoms with Crippen molar-refractivity contribution in [2.45, 2.75) is 76.7 Å². The molecule has 6 rings (SSSR count). The largest absolute Gasteiger partial charge is 0.303 e. The lowest BCUT2D eigenvalue weighted by Gasteiger charge is -2.64. The van der Waals surface area contributed by atoms with E-state index in [1.54, 1.807) is 0 Å². The third-order valence-corrected chi connectivity index (χ3v) is 8.53. The van der Waals surface area contributed by atoms with Crippen LogP contribution in [0, 0.1) is 17.3 Å². The molecule has 0 N–H and O–H groups in total. The predicted octanol–water partition coefficient (Wildman–Crippen LogP) is 5.58. The Morgan fingerprint density at radius 2 is 1.61 bits per heavy atom. The maximum Gasteiger partial charge on any atom is 0.0379 e. The summed E-state index contributed by atoms with van der Waals surface area (Å²) in [6.07, 6.45) is 27.5. The van der Waals surface area contributed by atoms with Crippen LogP contribution in [0.2, 0.25) is 0 Å². The van der Waals surface area contributed by atoms with Crippen LogP contribution in [0.1, 0.15) is 70.6 Å². The minimum absolute atomic E-state index is 0.512. The van der Waals surface area contributed by atoms with Gasteiger partial charge in [-0.2, -0.15) is 0 Å². The first kappa shape index (κ1) is 19.1. The molecule has 2 fully saturated rings. The molecule has 6 aliphatic rings. The van der Waals surface area contributed by atoms with Gasteiger partial charge in [0.15, 0.2) is 0 Å². The van der Waals surface area contributed by atoms with Crippen molar-refractivity contribution in [2.75, 3.05) is 32.7 Å². The second kappa shape index (κ2) is 8.48. The minimum Gasteiger partial charge on any atom is -0.303 e. The van der Waals surface area contributed by atoms with Gasteiger partial charge in [0.05, 0.1) is 0 Å². The van der Waals surface area contributed by atoms with Gasteiger partial charge < -0.3 is 4.90 Å². The van der Waals surface area contributed by atoms with Crippen LogP contribution in [0.25, 0.3) is 0 Å². The van der Waals surface area contributed by atoms with Crippen molar-refractivity contribution in [1.29, 1.82) is 0 Å². The zero-order valence-corrected chi connectivity index (χ0v) is 17.8. The average molecular weight is 381 g/mol. The van der Waals surface area contributed by atoms with E-state index in [9.17, 15) is 0 Å². The van der Waals surface area contributed by atoms with Crippen molar-refractivity contribution >= 4 is 0 Å². The highest BCUT2D eigenvalue weighted by Crippen LogP contribution is 2.57. The van der Waals surface area contributed by atoms with E-state index in [2.05, 4.69) is 40.2 Å². The monoisotopic (exact) mass is 380 g/mol. The van der Waals surface area contributed by atoms with Crippen molar-refractivity contribution in [1.82, 2.24) is 9.80 Å². The van der Waals surface area contributed by atoms with Gasteiger partial charge in [0.2, 0.25) is 0 Å². The lowest BCUT2D eigenvalue weighted by Crippen LogP contribution is -2.68. The summed E-state index contributed by atoms with van der Waals surface area (Å²) in [4.78, 5) is 5.84. The van der Waals surface area contributed by atoms with Crippen LogP contribution in [-0.4, -0.2) is 48.6 Å². The number of allylic oxidation sites excluding steroid dienone is 4. The fourth-order valence-corrected chi connectivity index (χ4v) is 7.44. The fraction of sp³-hybridized carbons (Fsp3) is 0.769. The average Bonchev–Trinajstić information content (AvgIpc) is 2.73. The Morgan fingerprint density at radius 3 is 2.50 bits per heavy atom. The van der Waals surface area contributed by atoms with Gasteiger partial charge in [-0.15, -0.1) is 0 Å². The predicted molar refractivity (Wildman–Crippen MR) is 118 cm³/mol. The van der Waals surface area contributed by atoms with Crippen LogP contribution >= 0.6 is 0 Å². The Hall–Kier alpha value is -0.860. The number of hydrogen-bond acceptors (Lipinski definition) is 2. The van der Waals surface area contributed by atoms with E-state index in [1.165, 1.54) is 103 Å². The third-order valence-electron chi connectivity index (χ3n) is 8.53. The highest BCUT2D eigenvalue weighted by molar-refractivity contribution is 5.30. The van der Waals surface area contributed by atoms with Gasteiger partial charge in [0.1, 0.15) is 0 Å². The number of hydrogen-bond donors (Lipinski definition) is 0. The van der Waals surface area contributed by atoms with E-state index in [-0.39, 0.29) is 0 Å². The normalized spacial score (nSPS) is 46.3. The Kier molecular flexibility index (Phi) is 5.79. The minimum atomic E-state index is 0.512. The molecule has 1 spiro atoms. The summed E-state index contributed by atoms with van der Waals surface area (Å²) in [6, 6.07) is 0.728. The topological polar surface area (TPSA) is 6.48 Å². The first-order chi connectivity index (χ1) is 13.9. The molecule has 2 heteroatoms. The van der Waals surface area contributed by atoms with Gasteiger partial charge in [0, 0.05) is 24.5 Å². The highest BCUT2D eigenvalue weighted by Gasteiger charge is 2.58. The molecular formula is C26H40N2. The molecule has 0 aromatic rings. The molecule has 5 heterocycles. The molecule has 0 saturated carbocycles. The van der Waals surface area contributed by atoms with Crippen molar-refractivity contribution in [3.63, 3.8) is 0 Å². The zero-order valence-electron chi connectivity index (χ0n) is 17.8. The van der Waals surface area contributed by atoms with E-state index >= 15 is 0 Å². The van der Waals surface area contributed by atoms with E-state index in [1.807, 2.05) is 5.57 Å². The van der Waals surface area contributed by atoms with Crippen LogP contribution < -0.4 is 0 Å². The van der Waals surface area contributed by atoms with Crippen molar-refractivity contribution in [3.05, 3.63) is 36.0 Å². The summed E-state index contributed by atoms with van der Waals surface area (Å²) < 4.78 is 0. The molecule has 2 saturated heterocycles. The molecular weight excluding hydrogens is 340 g/mol. The van der Waals surface area contributed by atoms with Crippen molar-refractivity contribution < 1.29 is 0 Å². The standard InChI is InChI=1S/C26H40N2/c1-3-7-11-16-27-18-14-24-23-19-22(13-9-5-1)25-26(24,21-27)15-10-6-2-4-8-12-17-28(25)20-23/h1-2,5-6,19,23-25H,3-4,7-18,20-21H2/b5-1-,6-2-. The quantitative estimate of drug-likeness (QED) is 0.507. The summed E-state index contributed by atoms with van der Waals surface area (Å²) in [7, 11) is 0. The molecule has 0 aromatic carbocycles. The van der Waals surface area contributed by atoms with Gasteiger partial charge in [-0.1, -0.05) is 36.0 Å². The lowest BCUT2D eigenvalue weighted by atomic mass is 9.52. The molecule has 6 atom stereocenters. The Labute approximate surface area is 172 Å². The fourth-order valence-electron chi connectivity index (χ4n) is 7.44. The summed E-state index contributed by atoms with van der Waals surface area (Å²) >= 11 is 0. The molecule has 0 amide bonds. The molecule has 6 unspecified atom stereocenters. The van der Waals surface area contributed by atoms with E-state index < -0.39 is 0 Å².